The lowest BCUT2D eigenvalue weighted by atomic mass is 10.2. The van der Waals surface area contributed by atoms with Crippen LogP contribution in [0.1, 0.15) is 5.56 Å². The van der Waals surface area contributed by atoms with Gasteiger partial charge in [-0.3, -0.25) is 0 Å². The Labute approximate surface area is 125 Å². The molecule has 2 N–H and O–H groups in total. The highest BCUT2D eigenvalue weighted by atomic mass is 35.5. The van der Waals surface area contributed by atoms with Crippen LogP contribution in [0.4, 0.5) is 4.39 Å². The summed E-state index contributed by atoms with van der Waals surface area (Å²) < 4.78 is 44.5. The predicted molar refractivity (Wildman–Crippen MR) is 78.3 cm³/mol. The summed E-state index contributed by atoms with van der Waals surface area (Å²) in [6, 6.07) is 4.01. The lowest BCUT2D eigenvalue weighted by Crippen LogP contribution is -2.33. The fraction of sp³-hybridized carbons (Fsp3) is 0.500. The summed E-state index contributed by atoms with van der Waals surface area (Å²) in [6.45, 7) is 3.38. The Balaban J connectivity index is 0.00000361. The zero-order chi connectivity index (χ0) is 14.3. The second kappa shape index (κ2) is 9.25. The molecule has 8 heteroatoms. The van der Waals surface area contributed by atoms with Crippen LogP contribution in [0.25, 0.3) is 0 Å². The van der Waals surface area contributed by atoms with Crippen LogP contribution in [0.15, 0.2) is 23.1 Å². The fourth-order valence-electron chi connectivity index (χ4n) is 1.53. The first kappa shape index (κ1) is 19.3. The van der Waals surface area contributed by atoms with E-state index in [1.165, 1.54) is 25.1 Å². The molecule has 0 radical (unpaired) electrons. The number of nitrogens with one attached hydrogen (secondary N) is 2. The zero-order valence-corrected chi connectivity index (χ0v) is 13.1. The Morgan fingerprint density at radius 1 is 1.25 bits per heavy atom. The summed E-state index contributed by atoms with van der Waals surface area (Å²) in [5.74, 6) is -0.527. The minimum absolute atomic E-state index is 0. The van der Waals surface area contributed by atoms with Crippen molar-refractivity contribution in [2.24, 2.45) is 0 Å². The van der Waals surface area contributed by atoms with Crippen molar-refractivity contribution < 1.29 is 17.5 Å². The highest BCUT2D eigenvalue weighted by molar-refractivity contribution is 7.89. The number of hydrogen-bond donors (Lipinski definition) is 2. The molecule has 1 aromatic carbocycles. The van der Waals surface area contributed by atoms with Crippen molar-refractivity contribution in [2.45, 2.75) is 11.8 Å². The maximum absolute atomic E-state index is 13.3. The summed E-state index contributed by atoms with van der Waals surface area (Å²) in [5.41, 5.74) is 0.127. The number of halogens is 2. The molecular weight excluding hydrogens is 307 g/mol. The highest BCUT2D eigenvalue weighted by Crippen LogP contribution is 2.17. The molecule has 0 aromatic heterocycles. The minimum Gasteiger partial charge on any atom is -0.383 e. The third-order valence-corrected chi connectivity index (χ3v) is 4.19. The second-order valence-corrected chi connectivity index (χ2v) is 5.74. The summed E-state index contributed by atoms with van der Waals surface area (Å²) in [6.07, 6.45) is 0. The Bertz CT molecular complexity index is 511. The molecule has 1 aromatic rings. The van der Waals surface area contributed by atoms with E-state index in [-0.39, 0.29) is 29.4 Å². The van der Waals surface area contributed by atoms with Crippen molar-refractivity contribution in [3.05, 3.63) is 29.6 Å². The van der Waals surface area contributed by atoms with Gasteiger partial charge in [0.25, 0.3) is 0 Å². The van der Waals surface area contributed by atoms with Crippen LogP contribution in [0.5, 0.6) is 0 Å². The van der Waals surface area contributed by atoms with Crippen LogP contribution in [0.2, 0.25) is 0 Å². The molecule has 0 spiro atoms. The Morgan fingerprint density at radius 2 is 1.95 bits per heavy atom. The molecule has 0 heterocycles. The molecule has 0 aliphatic rings. The molecule has 20 heavy (non-hydrogen) atoms. The monoisotopic (exact) mass is 326 g/mol. The molecule has 0 bridgehead atoms. The van der Waals surface area contributed by atoms with E-state index in [1.807, 2.05) is 0 Å². The number of benzene rings is 1. The van der Waals surface area contributed by atoms with Crippen molar-refractivity contribution in [1.29, 1.82) is 0 Å². The van der Waals surface area contributed by atoms with Crippen molar-refractivity contribution in [2.75, 3.05) is 33.4 Å². The van der Waals surface area contributed by atoms with Crippen LogP contribution in [0, 0.1) is 12.7 Å². The summed E-state index contributed by atoms with van der Waals surface area (Å²) in [7, 11) is -2.07. The maximum atomic E-state index is 13.3. The van der Waals surface area contributed by atoms with Crippen LogP contribution in [0.3, 0.4) is 0 Å². The van der Waals surface area contributed by atoms with Gasteiger partial charge in [-0.05, 0) is 19.1 Å². The molecule has 0 amide bonds. The van der Waals surface area contributed by atoms with E-state index in [0.29, 0.717) is 19.7 Å². The standard InChI is InChI=1S/C12H19FN2O3S.ClH/c1-10-11(13)4-3-5-12(10)19(16,17)15-7-6-14-8-9-18-2;/h3-5,14-15H,6-9H2,1-2H3;1H. The van der Waals surface area contributed by atoms with Crippen LogP contribution < -0.4 is 10.0 Å². The lowest BCUT2D eigenvalue weighted by Gasteiger charge is -2.10. The van der Waals surface area contributed by atoms with Crippen LogP contribution in [-0.2, 0) is 14.8 Å². The lowest BCUT2D eigenvalue weighted by molar-refractivity contribution is 0.199. The second-order valence-electron chi connectivity index (χ2n) is 4.00. The van der Waals surface area contributed by atoms with Crippen molar-refractivity contribution in [1.82, 2.24) is 10.0 Å². The van der Waals surface area contributed by atoms with E-state index in [2.05, 4.69) is 10.0 Å². The number of rotatable bonds is 8. The van der Waals surface area contributed by atoms with E-state index in [9.17, 15) is 12.8 Å². The first-order valence-electron chi connectivity index (χ1n) is 5.93. The Hall–Kier alpha value is -0.730. The van der Waals surface area contributed by atoms with Gasteiger partial charge in [0.15, 0.2) is 0 Å². The van der Waals surface area contributed by atoms with Crippen LogP contribution in [-0.4, -0.2) is 41.8 Å². The summed E-state index contributed by atoms with van der Waals surface area (Å²) in [4.78, 5) is -0.0237. The average Bonchev–Trinajstić information content (AvgIpc) is 2.36. The van der Waals surface area contributed by atoms with E-state index >= 15 is 0 Å². The summed E-state index contributed by atoms with van der Waals surface area (Å²) in [5, 5.41) is 3.01. The first-order chi connectivity index (χ1) is 8.99. The molecule has 0 fully saturated rings. The largest absolute Gasteiger partial charge is 0.383 e. The number of ether oxygens (including phenoxy) is 1. The minimum atomic E-state index is -3.67. The van der Waals surface area contributed by atoms with E-state index in [1.54, 1.807) is 7.11 Å². The number of sulfonamides is 1. The Morgan fingerprint density at radius 3 is 2.60 bits per heavy atom. The molecule has 5 nitrogen and oxygen atoms in total. The van der Waals surface area contributed by atoms with E-state index in [4.69, 9.17) is 4.74 Å². The van der Waals surface area contributed by atoms with E-state index < -0.39 is 15.8 Å². The van der Waals surface area contributed by atoms with Crippen LogP contribution >= 0.6 is 12.4 Å². The molecule has 0 saturated carbocycles. The van der Waals surface area contributed by atoms with E-state index in [0.717, 1.165) is 0 Å². The van der Waals surface area contributed by atoms with Gasteiger partial charge in [0.2, 0.25) is 10.0 Å². The molecule has 116 valence electrons. The normalized spacial score (nSPS) is 11.2. The molecule has 0 unspecified atom stereocenters. The van der Waals surface area contributed by atoms with Gasteiger partial charge in [0.05, 0.1) is 11.5 Å². The van der Waals surface area contributed by atoms with Crippen molar-refractivity contribution in [3.63, 3.8) is 0 Å². The van der Waals surface area contributed by atoms with Gasteiger partial charge in [0, 0.05) is 32.3 Å². The number of hydrogen-bond acceptors (Lipinski definition) is 4. The first-order valence-corrected chi connectivity index (χ1v) is 7.42. The third kappa shape index (κ3) is 5.72. The molecule has 1 rings (SSSR count). The molecule has 0 aliphatic carbocycles. The van der Waals surface area contributed by atoms with Gasteiger partial charge in [-0.25, -0.2) is 17.5 Å². The third-order valence-electron chi connectivity index (χ3n) is 2.58. The number of methoxy groups -OCH3 is 1. The maximum Gasteiger partial charge on any atom is 0.240 e. The molecular formula is C12H20ClFN2O3S. The van der Waals surface area contributed by atoms with Gasteiger partial charge < -0.3 is 10.1 Å². The average molecular weight is 327 g/mol. The van der Waals surface area contributed by atoms with Crippen molar-refractivity contribution in [3.8, 4) is 0 Å². The fourth-order valence-corrected chi connectivity index (χ4v) is 2.81. The molecule has 0 atom stereocenters. The molecule has 0 aliphatic heterocycles. The predicted octanol–water partition coefficient (Wildman–Crippen LogP) is 1.07. The quantitative estimate of drug-likeness (QED) is 0.701. The SMILES string of the molecule is COCCNCCNS(=O)(=O)c1cccc(F)c1C.Cl. The summed E-state index contributed by atoms with van der Waals surface area (Å²) >= 11 is 0. The highest BCUT2D eigenvalue weighted by Gasteiger charge is 2.17. The zero-order valence-electron chi connectivity index (χ0n) is 11.5. The van der Waals surface area contributed by atoms with Gasteiger partial charge >= 0.3 is 0 Å². The van der Waals surface area contributed by atoms with Crippen molar-refractivity contribution >= 4 is 22.4 Å². The smallest absolute Gasteiger partial charge is 0.240 e. The topological polar surface area (TPSA) is 67.4 Å². The van der Waals surface area contributed by atoms with Gasteiger partial charge in [0.1, 0.15) is 5.82 Å². The van der Waals surface area contributed by atoms with Gasteiger partial charge in [-0.15, -0.1) is 12.4 Å². The van der Waals surface area contributed by atoms with Gasteiger partial charge in [-0.1, -0.05) is 6.07 Å². The molecule has 0 saturated heterocycles. The van der Waals surface area contributed by atoms with Gasteiger partial charge in [-0.2, -0.15) is 0 Å². The Kier molecular flexibility index (Phi) is 8.91.